The number of hydrogen-bond acceptors (Lipinski definition) is 2. The summed E-state index contributed by atoms with van der Waals surface area (Å²) < 4.78 is 38.5. The molecule has 0 aromatic carbocycles. The molecule has 0 saturated heterocycles. The van der Waals surface area contributed by atoms with Crippen LogP contribution in [0.3, 0.4) is 0 Å². The first-order valence-electron chi connectivity index (χ1n) is 3.16. The third-order valence-electron chi connectivity index (χ3n) is 1.48. The van der Waals surface area contributed by atoms with Crippen LogP contribution in [0.25, 0.3) is 0 Å². The minimum absolute atomic E-state index is 0.385. The summed E-state index contributed by atoms with van der Waals surface area (Å²) in [6, 6.07) is 0.771. The zero-order valence-electron chi connectivity index (χ0n) is 6.11. The predicted molar refractivity (Wildman–Crippen MR) is 33.9 cm³/mol. The van der Waals surface area contributed by atoms with E-state index in [2.05, 4.69) is 0 Å². The molecule has 0 aromatic rings. The SMILES string of the molecule is CC[SiH](CC)[Cr](=[O])(=[O])([OH])[OH]. The van der Waals surface area contributed by atoms with Gasteiger partial charge in [0.1, 0.15) is 0 Å². The van der Waals surface area contributed by atoms with Crippen molar-refractivity contribution >= 4 is 7.36 Å². The van der Waals surface area contributed by atoms with Crippen LogP contribution < -0.4 is 0 Å². The third kappa shape index (κ3) is 2.90. The van der Waals surface area contributed by atoms with E-state index in [9.17, 15) is 7.61 Å². The van der Waals surface area contributed by atoms with Crippen LogP contribution in [0.5, 0.6) is 0 Å². The second-order valence-corrected chi connectivity index (χ2v) is 14.3. The molecule has 0 unspecified atom stereocenters. The van der Waals surface area contributed by atoms with E-state index in [1.807, 2.05) is 0 Å². The molecule has 10 heavy (non-hydrogen) atoms. The average Bonchev–Trinajstić information content (AvgIpc) is 1.62. The average molecular weight is 205 g/mol. The summed E-state index contributed by atoms with van der Waals surface area (Å²) in [7, 11) is -2.33. The van der Waals surface area contributed by atoms with Gasteiger partial charge in [-0.15, -0.1) is 0 Å². The Morgan fingerprint density at radius 2 is 1.50 bits per heavy atom. The summed E-state index contributed by atoms with van der Waals surface area (Å²) in [5.74, 6) is 0. The molecule has 0 bridgehead atoms. The van der Waals surface area contributed by atoms with Crippen molar-refractivity contribution in [2.24, 2.45) is 0 Å². The van der Waals surface area contributed by atoms with E-state index in [4.69, 9.17) is 8.32 Å². The molecule has 0 aliphatic carbocycles. The van der Waals surface area contributed by atoms with E-state index in [-0.39, 0.29) is 0 Å². The fourth-order valence-electron chi connectivity index (χ4n) is 0.859. The van der Waals surface area contributed by atoms with Crippen LogP contribution in [-0.4, -0.2) is 15.7 Å². The summed E-state index contributed by atoms with van der Waals surface area (Å²) in [6.45, 7) is 3.33. The molecule has 0 heterocycles. The first kappa shape index (κ1) is 10.3. The van der Waals surface area contributed by atoms with Gasteiger partial charge in [-0.05, 0) is 0 Å². The van der Waals surface area contributed by atoms with Crippen LogP contribution in [0.4, 0.5) is 0 Å². The summed E-state index contributed by atoms with van der Waals surface area (Å²) >= 11 is -5.98. The zero-order chi connectivity index (χ0) is 8.44. The molecule has 0 amide bonds. The van der Waals surface area contributed by atoms with E-state index < -0.39 is 19.3 Å². The first-order chi connectivity index (χ1) is 4.28. The molecule has 0 aliphatic rings. The molecule has 0 atom stereocenters. The molecule has 2 N–H and O–H groups in total. The minimum atomic E-state index is -5.98. The van der Waals surface area contributed by atoms with Crippen molar-refractivity contribution in [3.05, 3.63) is 0 Å². The summed E-state index contributed by atoms with van der Waals surface area (Å²) in [6.07, 6.45) is 0. The topological polar surface area (TPSA) is 74.6 Å². The molecule has 0 rings (SSSR count). The molecule has 0 fully saturated rings. The van der Waals surface area contributed by atoms with Gasteiger partial charge in [0.25, 0.3) is 0 Å². The van der Waals surface area contributed by atoms with Crippen molar-refractivity contribution in [3.63, 3.8) is 0 Å². The van der Waals surface area contributed by atoms with E-state index in [0.717, 1.165) is 0 Å². The Hall–Kier alpha value is 0.269. The van der Waals surface area contributed by atoms with Gasteiger partial charge in [-0.2, -0.15) is 0 Å². The monoisotopic (exact) mass is 205 g/mol. The van der Waals surface area contributed by atoms with Crippen LogP contribution in [0.2, 0.25) is 12.1 Å². The van der Waals surface area contributed by atoms with Crippen LogP contribution in [0.1, 0.15) is 13.8 Å². The standard InChI is InChI=1S/C4H11Si.Cr.2H2O.2O/c1-3-5-4-2;;;;;/h5H,3-4H2,1-2H3;;2*1H2;;/q;+2;;;;/p-2. The molecule has 0 aromatic heterocycles. The Morgan fingerprint density at radius 1 is 1.20 bits per heavy atom. The maximum atomic E-state index is 10.6. The van der Waals surface area contributed by atoms with Crippen LogP contribution >= 0.6 is 0 Å². The first-order valence-corrected chi connectivity index (χ1v) is 9.66. The van der Waals surface area contributed by atoms with Gasteiger partial charge in [0, 0.05) is 0 Å². The van der Waals surface area contributed by atoms with Gasteiger partial charge in [0.2, 0.25) is 0 Å². The van der Waals surface area contributed by atoms with Gasteiger partial charge in [-0.25, -0.2) is 0 Å². The van der Waals surface area contributed by atoms with Crippen LogP contribution in [0.15, 0.2) is 0 Å². The van der Waals surface area contributed by atoms with E-state index in [0.29, 0.717) is 12.1 Å². The van der Waals surface area contributed by atoms with Gasteiger partial charge in [-0.1, -0.05) is 0 Å². The summed E-state index contributed by atoms with van der Waals surface area (Å²) in [4.78, 5) is 0. The van der Waals surface area contributed by atoms with E-state index in [1.54, 1.807) is 13.8 Å². The zero-order valence-corrected chi connectivity index (χ0v) is 8.54. The third-order valence-corrected chi connectivity index (χ3v) is 12.9. The van der Waals surface area contributed by atoms with Gasteiger partial charge < -0.3 is 0 Å². The Labute approximate surface area is 61.6 Å². The number of hydrogen-bond donors (Lipinski definition) is 2. The van der Waals surface area contributed by atoms with E-state index in [1.165, 1.54) is 0 Å². The Bertz CT molecular complexity index is 214. The number of rotatable bonds is 3. The fourth-order valence-corrected chi connectivity index (χ4v) is 7.92. The Balaban J connectivity index is 4.64. The van der Waals surface area contributed by atoms with Crippen molar-refractivity contribution in [2.75, 3.05) is 0 Å². The summed E-state index contributed by atoms with van der Waals surface area (Å²) in [5, 5.41) is 0. The van der Waals surface area contributed by atoms with Crippen molar-refractivity contribution in [2.45, 2.75) is 25.9 Å². The van der Waals surface area contributed by atoms with Crippen LogP contribution in [0, 0.1) is 0 Å². The molecule has 0 radical (unpaired) electrons. The van der Waals surface area contributed by atoms with E-state index >= 15 is 0 Å². The van der Waals surface area contributed by atoms with Gasteiger partial charge in [0.05, 0.1) is 0 Å². The predicted octanol–water partition coefficient (Wildman–Crippen LogP) is -0.0548. The maximum absolute atomic E-state index is 10.6. The van der Waals surface area contributed by atoms with Crippen molar-refractivity contribution in [1.29, 1.82) is 0 Å². The van der Waals surface area contributed by atoms with Crippen molar-refractivity contribution in [1.82, 2.24) is 0 Å². The normalized spacial score (nSPS) is 16.7. The van der Waals surface area contributed by atoms with Crippen LogP contribution in [-0.2, 0) is 19.5 Å². The molecule has 63 valence electrons. The second kappa shape index (κ2) is 2.72. The Kier molecular flexibility index (Phi) is 2.79. The summed E-state index contributed by atoms with van der Waals surface area (Å²) in [5.41, 5.74) is 0. The quantitative estimate of drug-likeness (QED) is 0.633. The molecule has 0 spiro atoms. The Morgan fingerprint density at radius 3 is 1.50 bits per heavy atom. The fraction of sp³-hybridized carbons (Fsp3) is 1.00. The second-order valence-electron chi connectivity index (χ2n) is 2.29. The molecule has 6 heteroatoms. The van der Waals surface area contributed by atoms with Gasteiger partial charge in [-0.3, -0.25) is 0 Å². The molecule has 0 saturated carbocycles. The molecular formula is C4H13CrO4Si. The molecule has 4 nitrogen and oxygen atoms in total. The molecule has 0 aliphatic heterocycles. The van der Waals surface area contributed by atoms with Gasteiger partial charge >= 0.3 is 61.1 Å². The molecular weight excluding hydrogens is 192 g/mol. The van der Waals surface area contributed by atoms with Crippen molar-refractivity contribution < 1.29 is 27.8 Å². The van der Waals surface area contributed by atoms with Gasteiger partial charge in [0.15, 0.2) is 0 Å². The van der Waals surface area contributed by atoms with Crippen molar-refractivity contribution in [3.8, 4) is 0 Å².